The number of hydrogen-bond acceptors (Lipinski definition) is 2. The molecule has 112 valence electrons. The molecule has 0 spiro atoms. The van der Waals surface area contributed by atoms with Crippen molar-refractivity contribution in [1.29, 1.82) is 0 Å². The van der Waals surface area contributed by atoms with E-state index in [1.165, 1.54) is 16.7 Å². The molecular formula is C17H19BrClNO. The summed E-state index contributed by atoms with van der Waals surface area (Å²) in [4.78, 5) is 0. The number of aryl methyl sites for hydroxylation is 2. The van der Waals surface area contributed by atoms with Crippen LogP contribution in [0.2, 0.25) is 5.02 Å². The maximum Gasteiger partial charge on any atom is 0.138 e. The Morgan fingerprint density at radius 2 is 1.81 bits per heavy atom. The maximum atomic E-state index is 6.23. The van der Waals surface area contributed by atoms with Gasteiger partial charge in [0.25, 0.3) is 0 Å². The van der Waals surface area contributed by atoms with Crippen molar-refractivity contribution in [2.75, 3.05) is 14.2 Å². The molecule has 0 aliphatic heterocycles. The molecule has 0 heterocycles. The van der Waals surface area contributed by atoms with Gasteiger partial charge >= 0.3 is 0 Å². The predicted octanol–water partition coefficient (Wildman–Crippen LogP) is 5.04. The SMILES string of the molecule is CNC(c1cc(Cl)cc(Br)c1OC)c1c(C)cccc1C. The van der Waals surface area contributed by atoms with Gasteiger partial charge in [-0.2, -0.15) is 0 Å². The lowest BCUT2D eigenvalue weighted by Gasteiger charge is -2.24. The zero-order valence-electron chi connectivity index (χ0n) is 12.6. The molecule has 4 heteroatoms. The van der Waals surface area contributed by atoms with Gasteiger partial charge in [0.1, 0.15) is 5.75 Å². The van der Waals surface area contributed by atoms with Crippen molar-refractivity contribution < 1.29 is 4.74 Å². The second kappa shape index (κ2) is 6.82. The van der Waals surface area contributed by atoms with E-state index in [1.54, 1.807) is 7.11 Å². The van der Waals surface area contributed by atoms with Crippen LogP contribution in [0, 0.1) is 13.8 Å². The van der Waals surface area contributed by atoms with Gasteiger partial charge in [0.2, 0.25) is 0 Å². The lowest BCUT2D eigenvalue weighted by Crippen LogP contribution is -2.20. The Morgan fingerprint density at radius 1 is 1.19 bits per heavy atom. The summed E-state index contributed by atoms with van der Waals surface area (Å²) in [6, 6.07) is 10.2. The highest BCUT2D eigenvalue weighted by Gasteiger charge is 2.22. The fourth-order valence-electron chi connectivity index (χ4n) is 2.75. The minimum absolute atomic E-state index is 0.0242. The third-order valence-corrected chi connectivity index (χ3v) is 4.48. The van der Waals surface area contributed by atoms with Crippen molar-refractivity contribution in [1.82, 2.24) is 5.32 Å². The summed E-state index contributed by atoms with van der Waals surface area (Å²) in [6.45, 7) is 4.25. The first-order chi connectivity index (χ1) is 9.99. The van der Waals surface area contributed by atoms with Crippen molar-refractivity contribution in [3.63, 3.8) is 0 Å². The minimum Gasteiger partial charge on any atom is -0.495 e. The first-order valence-corrected chi connectivity index (χ1v) is 7.93. The highest BCUT2D eigenvalue weighted by atomic mass is 79.9. The van der Waals surface area contributed by atoms with Crippen LogP contribution in [0.25, 0.3) is 0 Å². The van der Waals surface area contributed by atoms with Gasteiger partial charge in [0, 0.05) is 10.6 Å². The van der Waals surface area contributed by atoms with E-state index in [9.17, 15) is 0 Å². The minimum atomic E-state index is 0.0242. The molecule has 2 aromatic rings. The van der Waals surface area contributed by atoms with E-state index in [0.29, 0.717) is 5.02 Å². The van der Waals surface area contributed by atoms with E-state index in [-0.39, 0.29) is 6.04 Å². The number of benzene rings is 2. The third-order valence-electron chi connectivity index (χ3n) is 3.67. The van der Waals surface area contributed by atoms with Gasteiger partial charge in [-0.15, -0.1) is 0 Å². The third kappa shape index (κ3) is 3.25. The average molecular weight is 369 g/mol. The van der Waals surface area contributed by atoms with Gasteiger partial charge in [0.15, 0.2) is 0 Å². The molecule has 0 radical (unpaired) electrons. The molecule has 2 rings (SSSR count). The summed E-state index contributed by atoms with van der Waals surface area (Å²) < 4.78 is 6.43. The molecule has 0 aliphatic carbocycles. The van der Waals surface area contributed by atoms with Gasteiger partial charge < -0.3 is 10.1 Å². The summed E-state index contributed by atoms with van der Waals surface area (Å²) in [5.41, 5.74) is 4.77. The topological polar surface area (TPSA) is 21.3 Å². The first kappa shape index (κ1) is 16.3. The molecule has 0 aromatic heterocycles. The summed E-state index contributed by atoms with van der Waals surface area (Å²) in [5, 5.41) is 4.07. The Hall–Kier alpha value is -1.03. The largest absolute Gasteiger partial charge is 0.495 e. The fourth-order valence-corrected chi connectivity index (χ4v) is 3.74. The number of methoxy groups -OCH3 is 1. The van der Waals surface area contributed by atoms with Crippen LogP contribution in [-0.2, 0) is 0 Å². The molecular weight excluding hydrogens is 350 g/mol. The van der Waals surface area contributed by atoms with Gasteiger partial charge in [0.05, 0.1) is 17.6 Å². The summed E-state index contributed by atoms with van der Waals surface area (Å²) >= 11 is 9.76. The molecule has 1 atom stereocenters. The van der Waals surface area contributed by atoms with Crippen LogP contribution in [0.1, 0.15) is 28.3 Å². The molecule has 21 heavy (non-hydrogen) atoms. The van der Waals surface area contributed by atoms with Crippen LogP contribution in [-0.4, -0.2) is 14.2 Å². The monoisotopic (exact) mass is 367 g/mol. The Labute approximate surface area is 139 Å². The Bertz CT molecular complexity index is 637. The smallest absolute Gasteiger partial charge is 0.138 e. The standard InChI is InChI=1S/C17H19BrClNO/c1-10-6-5-7-11(2)15(10)16(20-3)13-8-12(19)9-14(18)17(13)21-4/h5-9,16,20H,1-4H3. The number of hydrogen-bond donors (Lipinski definition) is 1. The van der Waals surface area contributed by atoms with Crippen molar-refractivity contribution in [2.24, 2.45) is 0 Å². The summed E-state index contributed by atoms with van der Waals surface area (Å²) in [5.74, 6) is 0.807. The first-order valence-electron chi connectivity index (χ1n) is 6.76. The predicted molar refractivity (Wildman–Crippen MR) is 92.5 cm³/mol. The zero-order chi connectivity index (χ0) is 15.6. The molecule has 0 saturated heterocycles. The molecule has 2 aromatic carbocycles. The molecule has 0 fully saturated rings. The molecule has 0 saturated carbocycles. The highest BCUT2D eigenvalue weighted by molar-refractivity contribution is 9.10. The second-order valence-corrected chi connectivity index (χ2v) is 6.33. The van der Waals surface area contributed by atoms with E-state index in [2.05, 4.69) is 53.3 Å². The Kier molecular flexibility index (Phi) is 5.31. The van der Waals surface area contributed by atoms with E-state index in [0.717, 1.165) is 15.8 Å². The zero-order valence-corrected chi connectivity index (χ0v) is 15.0. The van der Waals surface area contributed by atoms with E-state index in [4.69, 9.17) is 16.3 Å². The van der Waals surface area contributed by atoms with E-state index < -0.39 is 0 Å². The summed E-state index contributed by atoms with van der Waals surface area (Å²) in [6.07, 6.45) is 0. The van der Waals surface area contributed by atoms with E-state index in [1.807, 2.05) is 19.2 Å². The van der Waals surface area contributed by atoms with Gasteiger partial charge in [-0.1, -0.05) is 29.8 Å². The Morgan fingerprint density at radius 3 is 2.33 bits per heavy atom. The lowest BCUT2D eigenvalue weighted by atomic mass is 9.91. The lowest BCUT2D eigenvalue weighted by molar-refractivity contribution is 0.402. The quantitative estimate of drug-likeness (QED) is 0.816. The van der Waals surface area contributed by atoms with Gasteiger partial charge in [-0.25, -0.2) is 0 Å². The number of halogens is 2. The molecule has 0 bridgehead atoms. The van der Waals surface area contributed by atoms with Crippen LogP contribution < -0.4 is 10.1 Å². The normalized spacial score (nSPS) is 12.3. The van der Waals surface area contributed by atoms with Crippen LogP contribution >= 0.6 is 27.5 Å². The van der Waals surface area contributed by atoms with Crippen molar-refractivity contribution in [2.45, 2.75) is 19.9 Å². The van der Waals surface area contributed by atoms with Crippen LogP contribution in [0.15, 0.2) is 34.8 Å². The molecule has 0 aliphatic rings. The molecule has 1 unspecified atom stereocenters. The Balaban J connectivity index is 2.67. The van der Waals surface area contributed by atoms with Gasteiger partial charge in [-0.3, -0.25) is 0 Å². The van der Waals surface area contributed by atoms with E-state index >= 15 is 0 Å². The van der Waals surface area contributed by atoms with Crippen molar-refractivity contribution >= 4 is 27.5 Å². The van der Waals surface area contributed by atoms with Crippen LogP contribution in [0.5, 0.6) is 5.75 Å². The fraction of sp³-hybridized carbons (Fsp3) is 0.294. The molecule has 2 nitrogen and oxygen atoms in total. The van der Waals surface area contributed by atoms with Crippen molar-refractivity contribution in [3.05, 3.63) is 62.1 Å². The number of nitrogens with one attached hydrogen (secondary N) is 1. The number of ether oxygens (including phenoxy) is 1. The molecule has 0 amide bonds. The number of rotatable bonds is 4. The average Bonchev–Trinajstić information content (AvgIpc) is 2.42. The van der Waals surface area contributed by atoms with Crippen LogP contribution in [0.4, 0.5) is 0 Å². The van der Waals surface area contributed by atoms with Gasteiger partial charge in [-0.05, 0) is 65.6 Å². The van der Waals surface area contributed by atoms with Crippen molar-refractivity contribution in [3.8, 4) is 5.75 Å². The molecule has 1 N–H and O–H groups in total. The summed E-state index contributed by atoms with van der Waals surface area (Å²) in [7, 11) is 3.62. The maximum absolute atomic E-state index is 6.23. The van der Waals surface area contributed by atoms with Crippen LogP contribution in [0.3, 0.4) is 0 Å². The highest BCUT2D eigenvalue weighted by Crippen LogP contribution is 2.39. The second-order valence-electron chi connectivity index (χ2n) is 5.04.